The normalized spacial score (nSPS) is 11.7. The van der Waals surface area contributed by atoms with Gasteiger partial charge in [0.05, 0.1) is 7.05 Å². The van der Waals surface area contributed by atoms with Gasteiger partial charge >= 0.3 is 6.03 Å². The molecule has 0 saturated carbocycles. The van der Waals surface area contributed by atoms with Crippen LogP contribution >= 0.6 is 0 Å². The fourth-order valence-electron chi connectivity index (χ4n) is 1.85. The van der Waals surface area contributed by atoms with Crippen LogP contribution < -0.4 is 15.5 Å². The second-order valence-electron chi connectivity index (χ2n) is 4.64. The molecule has 0 saturated heterocycles. The maximum atomic E-state index is 11.6. The molecule has 1 unspecified atom stereocenters. The first-order chi connectivity index (χ1) is 9.02. The van der Waals surface area contributed by atoms with Crippen LogP contribution in [0.1, 0.15) is 18.1 Å². The smallest absolute Gasteiger partial charge is 0.321 e. The molecule has 0 heterocycles. The van der Waals surface area contributed by atoms with E-state index in [0.717, 1.165) is 11.4 Å². The van der Waals surface area contributed by atoms with Crippen molar-refractivity contribution in [3.63, 3.8) is 0 Å². The monoisotopic (exact) mass is 264 g/mol. The van der Waals surface area contributed by atoms with E-state index in [-0.39, 0.29) is 12.5 Å². The Hall–Kier alpha value is -1.88. The highest BCUT2D eigenvalue weighted by atomic mass is 16.2. The lowest BCUT2D eigenvalue weighted by Crippen LogP contribution is -3.09. The number of urea groups is 1. The summed E-state index contributed by atoms with van der Waals surface area (Å²) in [7, 11) is 1.93. The zero-order valence-corrected chi connectivity index (χ0v) is 11.7. The number of hydrogen-bond acceptors (Lipinski definition) is 2. The lowest BCUT2D eigenvalue weighted by molar-refractivity contribution is -0.885. The Kier molecular flexibility index (Phi) is 6.02. The van der Waals surface area contributed by atoms with Crippen molar-refractivity contribution < 1.29 is 14.5 Å². The third-order valence-corrected chi connectivity index (χ3v) is 2.81. The maximum absolute atomic E-state index is 11.6. The SMILES string of the molecule is CCNC(=O)NC(=O)C[NH+](C)Cc1ccccc1C. The molecule has 1 aromatic carbocycles. The Balaban J connectivity index is 2.43. The van der Waals surface area contributed by atoms with Gasteiger partial charge in [-0.05, 0) is 19.4 Å². The average molecular weight is 264 g/mol. The molecule has 5 nitrogen and oxygen atoms in total. The van der Waals surface area contributed by atoms with Crippen LogP contribution in [0.4, 0.5) is 4.79 Å². The van der Waals surface area contributed by atoms with E-state index in [4.69, 9.17) is 0 Å². The van der Waals surface area contributed by atoms with Crippen LogP contribution in [0.5, 0.6) is 0 Å². The van der Waals surface area contributed by atoms with Crippen molar-refractivity contribution in [2.45, 2.75) is 20.4 Å². The summed E-state index contributed by atoms with van der Waals surface area (Å²) < 4.78 is 0. The summed E-state index contributed by atoms with van der Waals surface area (Å²) >= 11 is 0. The highest BCUT2D eigenvalue weighted by Crippen LogP contribution is 2.04. The molecular formula is C14H22N3O2+. The number of aryl methyl sites for hydroxylation is 1. The standard InChI is InChI=1S/C14H21N3O2/c1-4-15-14(19)16-13(18)10-17(3)9-12-8-6-5-7-11(12)2/h5-8H,4,9-10H2,1-3H3,(H2,15,16,18,19)/p+1. The van der Waals surface area contributed by atoms with E-state index in [0.29, 0.717) is 6.54 Å². The summed E-state index contributed by atoms with van der Waals surface area (Å²) in [6.07, 6.45) is 0. The molecule has 0 aliphatic heterocycles. The minimum Gasteiger partial charge on any atom is -0.338 e. The second kappa shape index (κ2) is 7.53. The molecule has 3 amide bonds. The zero-order valence-electron chi connectivity index (χ0n) is 11.7. The van der Waals surface area contributed by atoms with Crippen molar-refractivity contribution >= 4 is 11.9 Å². The van der Waals surface area contributed by atoms with Crippen LogP contribution in [0.3, 0.4) is 0 Å². The lowest BCUT2D eigenvalue weighted by atomic mass is 10.1. The van der Waals surface area contributed by atoms with E-state index in [1.165, 1.54) is 11.1 Å². The minimum atomic E-state index is -0.434. The summed E-state index contributed by atoms with van der Waals surface area (Å²) in [5, 5.41) is 4.83. The van der Waals surface area contributed by atoms with Crippen molar-refractivity contribution in [3.05, 3.63) is 35.4 Å². The average Bonchev–Trinajstić information content (AvgIpc) is 2.31. The van der Waals surface area contributed by atoms with Crippen molar-refractivity contribution in [3.8, 4) is 0 Å². The molecule has 0 bridgehead atoms. The predicted molar refractivity (Wildman–Crippen MR) is 73.9 cm³/mol. The van der Waals surface area contributed by atoms with E-state index < -0.39 is 6.03 Å². The molecule has 1 atom stereocenters. The van der Waals surface area contributed by atoms with Crippen molar-refractivity contribution in [2.75, 3.05) is 20.1 Å². The minimum absolute atomic E-state index is 0.267. The molecule has 0 spiro atoms. The fourth-order valence-corrected chi connectivity index (χ4v) is 1.85. The first kappa shape index (κ1) is 15.2. The van der Waals surface area contributed by atoms with E-state index in [1.54, 1.807) is 6.92 Å². The molecule has 0 aromatic heterocycles. The number of rotatable bonds is 5. The number of imide groups is 1. The summed E-state index contributed by atoms with van der Waals surface area (Å²) in [4.78, 5) is 23.9. The molecule has 0 aliphatic carbocycles. The molecule has 19 heavy (non-hydrogen) atoms. The summed E-state index contributed by atoms with van der Waals surface area (Å²) in [6, 6.07) is 7.66. The lowest BCUT2D eigenvalue weighted by Gasteiger charge is -2.14. The molecule has 0 radical (unpaired) electrons. The highest BCUT2D eigenvalue weighted by molar-refractivity contribution is 5.94. The molecule has 3 N–H and O–H groups in total. The van der Waals surface area contributed by atoms with Gasteiger partial charge in [-0.1, -0.05) is 24.3 Å². The number of amides is 3. The molecule has 1 rings (SSSR count). The van der Waals surface area contributed by atoms with E-state index >= 15 is 0 Å². The van der Waals surface area contributed by atoms with Crippen LogP contribution in [0.25, 0.3) is 0 Å². The number of carbonyl (C=O) groups excluding carboxylic acids is 2. The first-order valence-corrected chi connectivity index (χ1v) is 6.46. The second-order valence-corrected chi connectivity index (χ2v) is 4.64. The van der Waals surface area contributed by atoms with E-state index in [1.807, 2.05) is 19.2 Å². The third kappa shape index (κ3) is 5.52. The maximum Gasteiger partial charge on any atom is 0.321 e. The molecule has 5 heteroatoms. The van der Waals surface area contributed by atoms with Gasteiger partial charge < -0.3 is 10.2 Å². The van der Waals surface area contributed by atoms with Gasteiger partial charge in [0.25, 0.3) is 5.91 Å². The van der Waals surface area contributed by atoms with Gasteiger partial charge in [0.2, 0.25) is 0 Å². The summed E-state index contributed by atoms with van der Waals surface area (Å²) in [5.74, 6) is -0.267. The van der Waals surface area contributed by atoms with Crippen LogP contribution in [-0.2, 0) is 11.3 Å². The third-order valence-electron chi connectivity index (χ3n) is 2.81. The highest BCUT2D eigenvalue weighted by Gasteiger charge is 2.13. The fraction of sp³-hybridized carbons (Fsp3) is 0.429. The Morgan fingerprint density at radius 3 is 2.58 bits per heavy atom. The Bertz CT molecular complexity index is 446. The van der Waals surface area contributed by atoms with Crippen LogP contribution in [-0.4, -0.2) is 32.1 Å². The number of benzene rings is 1. The molecule has 1 aromatic rings. The van der Waals surface area contributed by atoms with Gasteiger partial charge in [-0.2, -0.15) is 0 Å². The van der Waals surface area contributed by atoms with Crippen molar-refractivity contribution in [1.82, 2.24) is 10.6 Å². The van der Waals surface area contributed by atoms with Gasteiger partial charge in [-0.3, -0.25) is 10.1 Å². The number of quaternary nitrogens is 1. The molecule has 104 valence electrons. The number of nitrogens with one attached hydrogen (secondary N) is 3. The topological polar surface area (TPSA) is 62.6 Å². The molecular weight excluding hydrogens is 242 g/mol. The zero-order chi connectivity index (χ0) is 14.3. The number of hydrogen-bond donors (Lipinski definition) is 3. The number of likely N-dealkylation sites (N-methyl/N-ethyl adjacent to an activating group) is 1. The quantitative estimate of drug-likeness (QED) is 0.693. The molecule has 0 fully saturated rings. The summed E-state index contributed by atoms with van der Waals surface area (Å²) in [6.45, 7) is 5.39. The van der Waals surface area contributed by atoms with E-state index in [9.17, 15) is 9.59 Å². The van der Waals surface area contributed by atoms with Crippen molar-refractivity contribution in [2.24, 2.45) is 0 Å². The van der Waals surface area contributed by atoms with Gasteiger partial charge in [0.1, 0.15) is 6.54 Å². The molecule has 0 aliphatic rings. The Morgan fingerprint density at radius 1 is 1.26 bits per heavy atom. The van der Waals surface area contributed by atoms with Gasteiger partial charge in [-0.15, -0.1) is 0 Å². The largest absolute Gasteiger partial charge is 0.338 e. The first-order valence-electron chi connectivity index (χ1n) is 6.46. The predicted octanol–water partition coefficient (Wildman–Crippen LogP) is -0.145. The van der Waals surface area contributed by atoms with Gasteiger partial charge in [-0.25, -0.2) is 4.79 Å². The summed E-state index contributed by atoms with van der Waals surface area (Å²) in [5.41, 5.74) is 2.43. The van der Waals surface area contributed by atoms with Gasteiger partial charge in [0.15, 0.2) is 6.54 Å². The van der Waals surface area contributed by atoms with Crippen LogP contribution in [0.2, 0.25) is 0 Å². The number of carbonyl (C=O) groups is 2. The van der Waals surface area contributed by atoms with Crippen molar-refractivity contribution in [1.29, 1.82) is 0 Å². The van der Waals surface area contributed by atoms with Gasteiger partial charge in [0, 0.05) is 12.1 Å². The van der Waals surface area contributed by atoms with Crippen LogP contribution in [0.15, 0.2) is 24.3 Å². The van der Waals surface area contributed by atoms with Crippen LogP contribution in [0, 0.1) is 6.92 Å². The Labute approximate surface area is 114 Å². The Morgan fingerprint density at radius 2 is 1.95 bits per heavy atom. The van der Waals surface area contributed by atoms with E-state index in [2.05, 4.69) is 29.7 Å².